The third-order valence-corrected chi connectivity index (χ3v) is 5.11. The number of hydrogen-bond donors (Lipinski definition) is 2. The summed E-state index contributed by atoms with van der Waals surface area (Å²) < 4.78 is 5.28. The van der Waals surface area contributed by atoms with Crippen molar-refractivity contribution in [3.8, 4) is 0 Å². The fourth-order valence-corrected chi connectivity index (χ4v) is 3.66. The van der Waals surface area contributed by atoms with E-state index >= 15 is 0 Å². The van der Waals surface area contributed by atoms with Gasteiger partial charge in [-0.2, -0.15) is 0 Å². The minimum atomic E-state index is -1.22. The zero-order chi connectivity index (χ0) is 17.2. The number of carbonyl (C=O) groups is 1. The predicted octanol–water partition coefficient (Wildman–Crippen LogP) is 3.42. The smallest absolute Gasteiger partial charge is 0.230 e. The number of hydrogen-bond acceptors (Lipinski definition) is 3. The Balaban J connectivity index is 1.78. The van der Waals surface area contributed by atoms with E-state index in [0.717, 1.165) is 36.8 Å². The first-order valence-corrected chi connectivity index (χ1v) is 8.56. The maximum Gasteiger partial charge on any atom is 0.230 e. The molecule has 1 aliphatic carbocycles. The first kappa shape index (κ1) is 16.8. The summed E-state index contributed by atoms with van der Waals surface area (Å²) in [6.07, 6.45) is 5.33. The number of furan rings is 1. The molecule has 1 heterocycles. The molecule has 2 aromatic rings. The molecule has 0 aliphatic heterocycles. The zero-order valence-corrected chi connectivity index (χ0v) is 14.3. The van der Waals surface area contributed by atoms with Crippen molar-refractivity contribution in [2.45, 2.75) is 50.5 Å². The van der Waals surface area contributed by atoms with Gasteiger partial charge in [0.25, 0.3) is 0 Å². The van der Waals surface area contributed by atoms with E-state index in [1.165, 1.54) is 6.26 Å². The van der Waals surface area contributed by atoms with Gasteiger partial charge in [0.05, 0.1) is 18.2 Å². The fraction of sp³-hybridized carbons (Fsp3) is 0.450. The summed E-state index contributed by atoms with van der Waals surface area (Å²) in [4.78, 5) is 13.0. The number of carbonyl (C=O) groups excluding carboxylic acids is 1. The molecule has 1 aliphatic rings. The molecule has 4 heteroatoms. The van der Waals surface area contributed by atoms with Crippen molar-refractivity contribution in [3.63, 3.8) is 0 Å². The van der Waals surface area contributed by atoms with Crippen LogP contribution in [0, 0.1) is 6.92 Å². The summed E-state index contributed by atoms with van der Waals surface area (Å²) in [5.74, 6) is 0.455. The van der Waals surface area contributed by atoms with Crippen LogP contribution < -0.4 is 5.32 Å². The molecular formula is C20H25NO3. The second kappa shape index (κ2) is 6.44. The van der Waals surface area contributed by atoms with Crippen molar-refractivity contribution in [3.05, 3.63) is 59.5 Å². The molecule has 1 amide bonds. The highest BCUT2D eigenvalue weighted by atomic mass is 16.4. The van der Waals surface area contributed by atoms with Gasteiger partial charge in [0.2, 0.25) is 5.91 Å². The van der Waals surface area contributed by atoms with Crippen molar-refractivity contribution in [2.24, 2.45) is 0 Å². The van der Waals surface area contributed by atoms with Crippen molar-refractivity contribution in [2.75, 3.05) is 6.54 Å². The molecule has 4 nitrogen and oxygen atoms in total. The molecule has 128 valence electrons. The average molecular weight is 327 g/mol. The quantitative estimate of drug-likeness (QED) is 0.884. The van der Waals surface area contributed by atoms with Gasteiger partial charge < -0.3 is 14.8 Å². The Labute approximate surface area is 142 Å². The molecule has 1 saturated carbocycles. The monoisotopic (exact) mass is 327 g/mol. The highest BCUT2D eigenvalue weighted by molar-refractivity contribution is 5.88. The van der Waals surface area contributed by atoms with Crippen LogP contribution in [0.2, 0.25) is 0 Å². The van der Waals surface area contributed by atoms with Gasteiger partial charge in [0, 0.05) is 0 Å². The molecule has 3 rings (SSSR count). The largest absolute Gasteiger partial charge is 0.466 e. The summed E-state index contributed by atoms with van der Waals surface area (Å²) in [5, 5.41) is 13.5. The van der Waals surface area contributed by atoms with Crippen molar-refractivity contribution in [1.82, 2.24) is 5.32 Å². The molecule has 0 saturated heterocycles. The van der Waals surface area contributed by atoms with E-state index in [-0.39, 0.29) is 12.5 Å². The van der Waals surface area contributed by atoms with Crippen LogP contribution in [0.5, 0.6) is 0 Å². The van der Waals surface area contributed by atoms with Gasteiger partial charge in [-0.15, -0.1) is 0 Å². The van der Waals surface area contributed by atoms with Crippen LogP contribution in [0.15, 0.2) is 47.1 Å². The highest BCUT2D eigenvalue weighted by Crippen LogP contribution is 2.41. The molecule has 1 unspecified atom stereocenters. The van der Waals surface area contributed by atoms with Crippen LogP contribution in [-0.4, -0.2) is 17.6 Å². The standard InChI is InChI=1S/C20H25NO3/c1-15-7-5-8-16(13-15)20(10-3-4-11-20)18(22)21-14-19(2,23)17-9-6-12-24-17/h5-9,12-13,23H,3-4,10-11,14H2,1-2H3,(H,21,22). The summed E-state index contributed by atoms with van der Waals surface area (Å²) in [7, 11) is 0. The lowest BCUT2D eigenvalue weighted by Gasteiger charge is -2.30. The molecular weight excluding hydrogens is 302 g/mol. The summed E-state index contributed by atoms with van der Waals surface area (Å²) in [5.41, 5.74) is 0.542. The van der Waals surface area contributed by atoms with Crippen LogP contribution in [0.25, 0.3) is 0 Å². The number of benzene rings is 1. The van der Waals surface area contributed by atoms with E-state index in [2.05, 4.69) is 11.4 Å². The van der Waals surface area contributed by atoms with Crippen LogP contribution >= 0.6 is 0 Å². The number of aryl methyl sites for hydroxylation is 1. The van der Waals surface area contributed by atoms with Gasteiger partial charge in [-0.25, -0.2) is 0 Å². The Morgan fingerprint density at radius 3 is 2.67 bits per heavy atom. The molecule has 1 aromatic heterocycles. The van der Waals surface area contributed by atoms with Crippen molar-refractivity contribution < 1.29 is 14.3 Å². The second-order valence-corrected chi connectivity index (χ2v) is 7.09. The molecule has 0 radical (unpaired) electrons. The summed E-state index contributed by atoms with van der Waals surface area (Å²) in [6.45, 7) is 3.83. The van der Waals surface area contributed by atoms with E-state index < -0.39 is 11.0 Å². The van der Waals surface area contributed by atoms with Crippen LogP contribution in [-0.2, 0) is 15.8 Å². The maximum atomic E-state index is 13.0. The SMILES string of the molecule is Cc1cccc(C2(C(=O)NCC(C)(O)c3ccco3)CCCC2)c1. The third-order valence-electron chi connectivity index (χ3n) is 5.11. The minimum Gasteiger partial charge on any atom is -0.466 e. The van der Waals surface area contributed by atoms with E-state index in [1.54, 1.807) is 19.1 Å². The molecule has 24 heavy (non-hydrogen) atoms. The van der Waals surface area contributed by atoms with Gasteiger partial charge in [-0.1, -0.05) is 42.7 Å². The lowest BCUT2D eigenvalue weighted by molar-refractivity contribution is -0.128. The Morgan fingerprint density at radius 2 is 2.04 bits per heavy atom. The van der Waals surface area contributed by atoms with Crippen LogP contribution in [0.3, 0.4) is 0 Å². The van der Waals surface area contributed by atoms with E-state index in [9.17, 15) is 9.90 Å². The van der Waals surface area contributed by atoms with Crippen molar-refractivity contribution >= 4 is 5.91 Å². The maximum absolute atomic E-state index is 13.0. The Morgan fingerprint density at radius 1 is 1.29 bits per heavy atom. The minimum absolute atomic E-state index is 0.00238. The van der Waals surface area contributed by atoms with Gasteiger partial charge in [-0.3, -0.25) is 4.79 Å². The second-order valence-electron chi connectivity index (χ2n) is 7.09. The Bertz CT molecular complexity index is 697. The highest BCUT2D eigenvalue weighted by Gasteiger charge is 2.43. The molecule has 2 N–H and O–H groups in total. The molecule has 1 atom stereocenters. The molecule has 1 aromatic carbocycles. The number of amides is 1. The first-order valence-electron chi connectivity index (χ1n) is 8.56. The molecule has 0 bridgehead atoms. The van der Waals surface area contributed by atoms with E-state index in [0.29, 0.717) is 5.76 Å². The normalized spacial score (nSPS) is 19.0. The predicted molar refractivity (Wildman–Crippen MR) is 92.6 cm³/mol. The lowest BCUT2D eigenvalue weighted by Crippen LogP contribution is -2.47. The van der Waals surface area contributed by atoms with Gasteiger partial charge in [0.15, 0.2) is 0 Å². The van der Waals surface area contributed by atoms with Gasteiger partial charge in [-0.05, 0) is 44.4 Å². The Hall–Kier alpha value is -2.07. The van der Waals surface area contributed by atoms with Crippen molar-refractivity contribution in [1.29, 1.82) is 0 Å². The summed E-state index contributed by atoms with van der Waals surface area (Å²) in [6, 6.07) is 11.7. The van der Waals surface area contributed by atoms with Gasteiger partial charge >= 0.3 is 0 Å². The Kier molecular flexibility index (Phi) is 4.50. The van der Waals surface area contributed by atoms with Gasteiger partial charge in [0.1, 0.15) is 11.4 Å². The van der Waals surface area contributed by atoms with E-state index in [4.69, 9.17) is 4.42 Å². The molecule has 1 fully saturated rings. The fourth-order valence-electron chi connectivity index (χ4n) is 3.66. The van der Waals surface area contributed by atoms with E-state index in [1.807, 2.05) is 25.1 Å². The number of rotatable bonds is 5. The third kappa shape index (κ3) is 3.11. The number of nitrogens with one attached hydrogen (secondary N) is 1. The summed E-state index contributed by atoms with van der Waals surface area (Å²) >= 11 is 0. The lowest BCUT2D eigenvalue weighted by atomic mass is 9.77. The average Bonchev–Trinajstić information content (AvgIpc) is 3.25. The number of aliphatic hydroxyl groups is 1. The van der Waals surface area contributed by atoms with Crippen LogP contribution in [0.4, 0.5) is 0 Å². The zero-order valence-electron chi connectivity index (χ0n) is 14.3. The molecule has 0 spiro atoms. The van der Waals surface area contributed by atoms with Crippen LogP contribution in [0.1, 0.15) is 49.5 Å². The topological polar surface area (TPSA) is 62.5 Å². The first-order chi connectivity index (χ1) is 11.4.